The molecule has 3 N–H and O–H groups in total. The van der Waals surface area contributed by atoms with Gasteiger partial charge >= 0.3 is 0 Å². The third-order valence-electron chi connectivity index (χ3n) is 4.17. The normalized spacial score (nSPS) is 13.6. The average Bonchev–Trinajstić information content (AvgIpc) is 2.52. The Morgan fingerprint density at radius 2 is 2.17 bits per heavy atom. The monoisotopic (exact) mass is 313 g/mol. The zero-order valence-corrected chi connectivity index (χ0v) is 13.1. The standard InChI is InChI=1S/C18H20FN3O/c1-12-7-8-13(10-15(12)19)21-18(23)11-22-9-3-4-14-16(20)5-2-6-17(14)22/h2,5-8,10H,3-4,9,11,20H2,1H3,(H,21,23). The Kier molecular flexibility index (Phi) is 4.19. The van der Waals surface area contributed by atoms with Crippen LogP contribution in [0.25, 0.3) is 0 Å². The maximum absolute atomic E-state index is 13.6. The number of carbonyl (C=O) groups is 1. The molecule has 1 aliphatic rings. The molecule has 4 nitrogen and oxygen atoms in total. The van der Waals surface area contributed by atoms with Gasteiger partial charge in [0, 0.05) is 23.6 Å². The van der Waals surface area contributed by atoms with E-state index in [1.165, 1.54) is 6.07 Å². The molecule has 0 atom stereocenters. The Morgan fingerprint density at radius 3 is 2.96 bits per heavy atom. The van der Waals surface area contributed by atoms with Crippen molar-refractivity contribution >= 4 is 23.0 Å². The summed E-state index contributed by atoms with van der Waals surface area (Å²) in [6.07, 6.45) is 1.90. The van der Waals surface area contributed by atoms with Gasteiger partial charge in [0.1, 0.15) is 5.82 Å². The van der Waals surface area contributed by atoms with Crippen LogP contribution in [0.1, 0.15) is 17.5 Å². The van der Waals surface area contributed by atoms with E-state index in [9.17, 15) is 9.18 Å². The lowest BCUT2D eigenvalue weighted by Gasteiger charge is -2.31. The number of hydrogen-bond donors (Lipinski definition) is 2. The van der Waals surface area contributed by atoms with Crippen LogP contribution in [0.4, 0.5) is 21.5 Å². The van der Waals surface area contributed by atoms with E-state index in [1.54, 1.807) is 19.1 Å². The van der Waals surface area contributed by atoms with Gasteiger partial charge in [-0.3, -0.25) is 4.79 Å². The number of hydrogen-bond acceptors (Lipinski definition) is 3. The van der Waals surface area contributed by atoms with Crippen molar-refractivity contribution in [2.45, 2.75) is 19.8 Å². The summed E-state index contributed by atoms with van der Waals surface area (Å²) in [5, 5.41) is 2.75. The van der Waals surface area contributed by atoms with Crippen molar-refractivity contribution in [3.05, 3.63) is 53.3 Å². The predicted molar refractivity (Wildman–Crippen MR) is 91.2 cm³/mol. The number of anilines is 3. The molecule has 0 bridgehead atoms. The summed E-state index contributed by atoms with van der Waals surface area (Å²) in [5.74, 6) is -0.484. The number of carbonyl (C=O) groups excluding carboxylic acids is 1. The molecule has 1 heterocycles. The molecule has 5 heteroatoms. The number of nitrogens with two attached hydrogens (primary N) is 1. The minimum absolute atomic E-state index is 0.163. The SMILES string of the molecule is Cc1ccc(NC(=O)CN2CCCc3c(N)cccc32)cc1F. The van der Waals surface area contributed by atoms with Crippen molar-refractivity contribution in [3.8, 4) is 0 Å². The molecule has 23 heavy (non-hydrogen) atoms. The number of nitrogens with one attached hydrogen (secondary N) is 1. The Morgan fingerprint density at radius 1 is 1.35 bits per heavy atom. The molecule has 1 aliphatic heterocycles. The summed E-state index contributed by atoms with van der Waals surface area (Å²) in [7, 11) is 0. The van der Waals surface area contributed by atoms with Gasteiger partial charge in [0.2, 0.25) is 5.91 Å². The van der Waals surface area contributed by atoms with Gasteiger partial charge in [0.05, 0.1) is 6.54 Å². The average molecular weight is 313 g/mol. The molecule has 120 valence electrons. The zero-order valence-electron chi connectivity index (χ0n) is 13.1. The summed E-state index contributed by atoms with van der Waals surface area (Å²) in [6.45, 7) is 2.73. The first kappa shape index (κ1) is 15.3. The second kappa shape index (κ2) is 6.28. The summed E-state index contributed by atoms with van der Waals surface area (Å²) in [4.78, 5) is 14.3. The number of aryl methyl sites for hydroxylation is 1. The lowest BCUT2D eigenvalue weighted by Crippen LogP contribution is -2.37. The van der Waals surface area contributed by atoms with Crippen LogP contribution in [0.3, 0.4) is 0 Å². The number of nitrogens with zero attached hydrogens (tertiary/aromatic N) is 1. The maximum atomic E-state index is 13.6. The molecule has 0 saturated carbocycles. The van der Waals surface area contributed by atoms with E-state index in [2.05, 4.69) is 5.32 Å². The van der Waals surface area contributed by atoms with Crippen molar-refractivity contribution in [2.24, 2.45) is 0 Å². The predicted octanol–water partition coefficient (Wildman–Crippen LogP) is 3.11. The van der Waals surface area contributed by atoms with E-state index >= 15 is 0 Å². The number of amides is 1. The van der Waals surface area contributed by atoms with E-state index in [1.807, 2.05) is 23.1 Å². The van der Waals surface area contributed by atoms with Gasteiger partial charge < -0.3 is 16.0 Å². The Bertz CT molecular complexity index is 745. The second-order valence-electron chi connectivity index (χ2n) is 5.88. The lowest BCUT2D eigenvalue weighted by molar-refractivity contribution is -0.115. The molecular formula is C18H20FN3O. The second-order valence-corrected chi connectivity index (χ2v) is 5.88. The zero-order chi connectivity index (χ0) is 16.4. The first-order valence-electron chi connectivity index (χ1n) is 7.73. The molecule has 1 amide bonds. The van der Waals surface area contributed by atoms with Gasteiger partial charge in [-0.25, -0.2) is 4.39 Å². The number of benzene rings is 2. The number of nitrogen functional groups attached to an aromatic ring is 1. The van der Waals surface area contributed by atoms with Crippen molar-refractivity contribution in [2.75, 3.05) is 29.0 Å². The highest BCUT2D eigenvalue weighted by molar-refractivity contribution is 5.94. The van der Waals surface area contributed by atoms with Crippen LogP contribution >= 0.6 is 0 Å². The minimum Gasteiger partial charge on any atom is -0.398 e. The number of halogens is 1. The van der Waals surface area contributed by atoms with Crippen LogP contribution in [0.2, 0.25) is 0 Å². The number of rotatable bonds is 3. The first-order chi connectivity index (χ1) is 11.0. The van der Waals surface area contributed by atoms with E-state index in [4.69, 9.17) is 5.73 Å². The molecule has 0 unspecified atom stereocenters. The van der Waals surface area contributed by atoms with E-state index in [0.29, 0.717) is 11.3 Å². The molecule has 0 radical (unpaired) electrons. The van der Waals surface area contributed by atoms with E-state index in [-0.39, 0.29) is 18.3 Å². The summed E-state index contributed by atoms with van der Waals surface area (Å²) in [6, 6.07) is 10.5. The molecule has 2 aromatic carbocycles. The molecule has 0 aliphatic carbocycles. The van der Waals surface area contributed by atoms with Crippen LogP contribution < -0.4 is 16.0 Å². The molecule has 2 aromatic rings. The van der Waals surface area contributed by atoms with Gasteiger partial charge in [-0.1, -0.05) is 12.1 Å². The van der Waals surface area contributed by atoms with Crippen LogP contribution in [-0.4, -0.2) is 19.0 Å². The fourth-order valence-electron chi connectivity index (χ4n) is 2.94. The Balaban J connectivity index is 1.72. The fraction of sp³-hybridized carbons (Fsp3) is 0.278. The number of fused-ring (bicyclic) bond motifs is 1. The van der Waals surface area contributed by atoms with Gasteiger partial charge in [-0.2, -0.15) is 0 Å². The smallest absolute Gasteiger partial charge is 0.243 e. The first-order valence-corrected chi connectivity index (χ1v) is 7.73. The van der Waals surface area contributed by atoms with Crippen LogP contribution in [-0.2, 0) is 11.2 Å². The van der Waals surface area contributed by atoms with Crippen LogP contribution in [0.15, 0.2) is 36.4 Å². The molecule has 0 aromatic heterocycles. The van der Waals surface area contributed by atoms with Crippen molar-refractivity contribution in [3.63, 3.8) is 0 Å². The molecular weight excluding hydrogens is 293 g/mol. The Hall–Kier alpha value is -2.56. The summed E-state index contributed by atoms with van der Waals surface area (Å²) >= 11 is 0. The summed E-state index contributed by atoms with van der Waals surface area (Å²) in [5.41, 5.74) is 9.94. The third-order valence-corrected chi connectivity index (χ3v) is 4.17. The third kappa shape index (κ3) is 3.28. The molecule has 3 rings (SSSR count). The van der Waals surface area contributed by atoms with Crippen molar-refractivity contribution in [1.29, 1.82) is 0 Å². The quantitative estimate of drug-likeness (QED) is 0.856. The van der Waals surface area contributed by atoms with Gasteiger partial charge in [0.15, 0.2) is 0 Å². The topological polar surface area (TPSA) is 58.4 Å². The van der Waals surface area contributed by atoms with Crippen LogP contribution in [0.5, 0.6) is 0 Å². The molecule has 0 fully saturated rings. The van der Waals surface area contributed by atoms with Crippen LogP contribution in [0, 0.1) is 12.7 Å². The molecule has 0 saturated heterocycles. The Labute approximate surface area is 135 Å². The van der Waals surface area contributed by atoms with Crippen molar-refractivity contribution < 1.29 is 9.18 Å². The molecule has 0 spiro atoms. The highest BCUT2D eigenvalue weighted by Crippen LogP contribution is 2.31. The van der Waals surface area contributed by atoms with Gasteiger partial charge in [0.25, 0.3) is 0 Å². The van der Waals surface area contributed by atoms with E-state index in [0.717, 1.165) is 36.3 Å². The van der Waals surface area contributed by atoms with Gasteiger partial charge in [-0.05, 0) is 55.2 Å². The lowest BCUT2D eigenvalue weighted by atomic mass is 10.00. The van der Waals surface area contributed by atoms with E-state index < -0.39 is 0 Å². The largest absolute Gasteiger partial charge is 0.398 e. The van der Waals surface area contributed by atoms with Gasteiger partial charge in [-0.15, -0.1) is 0 Å². The maximum Gasteiger partial charge on any atom is 0.243 e. The fourth-order valence-corrected chi connectivity index (χ4v) is 2.94. The highest BCUT2D eigenvalue weighted by Gasteiger charge is 2.20. The highest BCUT2D eigenvalue weighted by atomic mass is 19.1. The van der Waals surface area contributed by atoms with Crippen molar-refractivity contribution in [1.82, 2.24) is 0 Å². The summed E-state index contributed by atoms with van der Waals surface area (Å²) < 4.78 is 13.6. The minimum atomic E-state index is -0.320.